The zero-order valence-electron chi connectivity index (χ0n) is 26.5. The lowest BCUT2D eigenvalue weighted by Gasteiger charge is -2.30. The number of fused-ring (bicyclic) bond motifs is 6. The Morgan fingerprint density at radius 1 is 0.478 bits per heavy atom. The minimum Gasteiger partial charge on any atom is -0.478 e. The number of benzene rings is 6. The molecule has 0 radical (unpaired) electrons. The van der Waals surface area contributed by atoms with E-state index in [-0.39, 0.29) is 10.8 Å². The van der Waals surface area contributed by atoms with Gasteiger partial charge in [0.05, 0.1) is 5.56 Å². The van der Waals surface area contributed by atoms with Crippen molar-refractivity contribution in [3.05, 3.63) is 161 Å². The van der Waals surface area contributed by atoms with E-state index < -0.39 is 5.97 Å². The quantitative estimate of drug-likeness (QED) is 0.215. The van der Waals surface area contributed by atoms with Crippen LogP contribution in [0.4, 0.5) is 17.1 Å². The van der Waals surface area contributed by atoms with Gasteiger partial charge in [-0.2, -0.15) is 0 Å². The molecule has 0 heterocycles. The number of anilines is 3. The molecule has 0 amide bonds. The third-order valence-corrected chi connectivity index (χ3v) is 10.2. The fourth-order valence-corrected chi connectivity index (χ4v) is 7.82. The molecule has 3 nitrogen and oxygen atoms in total. The van der Waals surface area contributed by atoms with E-state index in [2.05, 4.69) is 130 Å². The van der Waals surface area contributed by atoms with Crippen LogP contribution in [0.3, 0.4) is 0 Å². The standard InChI is InChI=1S/C43H35NO2/c1-42(2)37-15-9-7-12-32(37)34-23-21-29(25-39(34)42)44(28-19-17-27(18-20-28)31-11-5-6-14-36(31)41(45)46)30-22-24-35-33-13-8-10-16-38(33)43(3,4)40(35)26-30/h5-26H,1-4H3,(H,45,46). The van der Waals surface area contributed by atoms with E-state index in [1.165, 1.54) is 44.5 Å². The molecule has 2 aliphatic carbocycles. The van der Waals surface area contributed by atoms with E-state index >= 15 is 0 Å². The van der Waals surface area contributed by atoms with Gasteiger partial charge in [0.15, 0.2) is 0 Å². The van der Waals surface area contributed by atoms with Gasteiger partial charge in [0.25, 0.3) is 0 Å². The number of carboxylic acids is 1. The Kier molecular flexibility index (Phi) is 6.14. The molecule has 0 bridgehead atoms. The Hall–Kier alpha value is -5.41. The number of carbonyl (C=O) groups is 1. The van der Waals surface area contributed by atoms with Gasteiger partial charge in [-0.25, -0.2) is 4.79 Å². The molecule has 6 aromatic rings. The molecule has 0 atom stereocenters. The second-order valence-electron chi connectivity index (χ2n) is 13.5. The summed E-state index contributed by atoms with van der Waals surface area (Å²) in [5.41, 5.74) is 15.3. The van der Waals surface area contributed by atoms with E-state index in [4.69, 9.17) is 0 Å². The Balaban J connectivity index is 1.29. The van der Waals surface area contributed by atoms with Crippen LogP contribution < -0.4 is 4.90 Å². The van der Waals surface area contributed by atoms with Gasteiger partial charge in [-0.05, 0) is 98.1 Å². The molecule has 0 unspecified atom stereocenters. The van der Waals surface area contributed by atoms with Crippen molar-refractivity contribution in [3.8, 4) is 33.4 Å². The predicted molar refractivity (Wildman–Crippen MR) is 189 cm³/mol. The van der Waals surface area contributed by atoms with Crippen LogP contribution in [0.2, 0.25) is 0 Å². The molecule has 0 aliphatic heterocycles. The van der Waals surface area contributed by atoms with Crippen LogP contribution in [0.1, 0.15) is 60.3 Å². The van der Waals surface area contributed by atoms with Crippen molar-refractivity contribution in [3.63, 3.8) is 0 Å². The van der Waals surface area contributed by atoms with Gasteiger partial charge in [0.1, 0.15) is 0 Å². The zero-order chi connectivity index (χ0) is 31.8. The predicted octanol–water partition coefficient (Wildman–Crippen LogP) is 11.1. The molecule has 0 spiro atoms. The summed E-state index contributed by atoms with van der Waals surface area (Å²) in [6.07, 6.45) is 0. The van der Waals surface area contributed by atoms with Gasteiger partial charge < -0.3 is 10.0 Å². The number of carboxylic acid groups (broad SMARTS) is 1. The molecule has 0 saturated carbocycles. The highest BCUT2D eigenvalue weighted by Crippen LogP contribution is 2.53. The molecule has 1 N–H and O–H groups in total. The zero-order valence-corrected chi connectivity index (χ0v) is 26.5. The summed E-state index contributed by atoms with van der Waals surface area (Å²) in [4.78, 5) is 14.3. The smallest absolute Gasteiger partial charge is 0.336 e. The summed E-state index contributed by atoms with van der Waals surface area (Å²) in [6.45, 7) is 9.26. The fourth-order valence-electron chi connectivity index (χ4n) is 7.82. The first-order valence-corrected chi connectivity index (χ1v) is 15.9. The number of nitrogens with zero attached hydrogens (tertiary/aromatic N) is 1. The monoisotopic (exact) mass is 597 g/mol. The third kappa shape index (κ3) is 4.08. The van der Waals surface area contributed by atoms with Crippen LogP contribution in [0.5, 0.6) is 0 Å². The highest BCUT2D eigenvalue weighted by molar-refractivity contribution is 5.96. The third-order valence-electron chi connectivity index (χ3n) is 10.2. The normalized spacial score (nSPS) is 14.6. The summed E-state index contributed by atoms with van der Waals surface area (Å²) in [6, 6.07) is 46.7. The molecule has 6 aromatic carbocycles. The van der Waals surface area contributed by atoms with E-state index in [1.807, 2.05) is 24.3 Å². The van der Waals surface area contributed by atoms with Crippen LogP contribution in [0.15, 0.2) is 133 Å². The molecule has 0 aromatic heterocycles. The van der Waals surface area contributed by atoms with Gasteiger partial charge in [-0.3, -0.25) is 0 Å². The summed E-state index contributed by atoms with van der Waals surface area (Å²) < 4.78 is 0. The van der Waals surface area contributed by atoms with Gasteiger partial charge in [-0.15, -0.1) is 0 Å². The van der Waals surface area contributed by atoms with Gasteiger partial charge >= 0.3 is 5.97 Å². The Bertz CT molecular complexity index is 2080. The van der Waals surface area contributed by atoms with Crippen molar-refractivity contribution in [1.29, 1.82) is 0 Å². The highest BCUT2D eigenvalue weighted by atomic mass is 16.4. The first-order valence-electron chi connectivity index (χ1n) is 15.9. The van der Waals surface area contributed by atoms with Crippen LogP contribution in [0, 0.1) is 0 Å². The SMILES string of the molecule is CC1(C)c2ccccc2-c2ccc(N(c3ccc(-c4ccccc4C(=O)O)cc3)c3ccc4c(c3)C(C)(C)c3ccccc3-4)cc21. The number of aromatic carboxylic acids is 1. The molecule has 224 valence electrons. The molecule has 3 heteroatoms. The summed E-state index contributed by atoms with van der Waals surface area (Å²) >= 11 is 0. The Morgan fingerprint density at radius 3 is 1.39 bits per heavy atom. The van der Waals surface area contributed by atoms with Crippen molar-refractivity contribution >= 4 is 23.0 Å². The summed E-state index contributed by atoms with van der Waals surface area (Å²) in [5.74, 6) is -0.926. The summed E-state index contributed by atoms with van der Waals surface area (Å²) in [5, 5.41) is 9.83. The van der Waals surface area contributed by atoms with Crippen LogP contribution in [0.25, 0.3) is 33.4 Å². The Morgan fingerprint density at radius 2 is 0.891 bits per heavy atom. The molecular formula is C43H35NO2. The Labute approximate surface area is 270 Å². The lowest BCUT2D eigenvalue weighted by Crippen LogP contribution is -2.18. The maximum atomic E-state index is 12.0. The minimum atomic E-state index is -0.926. The molecule has 0 fully saturated rings. The van der Waals surface area contributed by atoms with Gasteiger partial charge in [0.2, 0.25) is 0 Å². The fraction of sp³-hybridized carbons (Fsp3) is 0.140. The molecule has 46 heavy (non-hydrogen) atoms. The van der Waals surface area contributed by atoms with Crippen molar-refractivity contribution in [2.45, 2.75) is 38.5 Å². The van der Waals surface area contributed by atoms with Gasteiger partial charge in [-0.1, -0.05) is 119 Å². The van der Waals surface area contributed by atoms with E-state index in [9.17, 15) is 9.90 Å². The van der Waals surface area contributed by atoms with Crippen LogP contribution in [-0.4, -0.2) is 11.1 Å². The first-order chi connectivity index (χ1) is 22.2. The van der Waals surface area contributed by atoms with Crippen molar-refractivity contribution in [2.24, 2.45) is 0 Å². The average Bonchev–Trinajstić information content (AvgIpc) is 3.44. The highest BCUT2D eigenvalue weighted by Gasteiger charge is 2.37. The van der Waals surface area contributed by atoms with Crippen molar-refractivity contribution in [2.75, 3.05) is 4.90 Å². The van der Waals surface area contributed by atoms with Gasteiger partial charge in [0, 0.05) is 27.9 Å². The minimum absolute atomic E-state index is 0.125. The van der Waals surface area contributed by atoms with Crippen LogP contribution >= 0.6 is 0 Å². The maximum Gasteiger partial charge on any atom is 0.336 e. The van der Waals surface area contributed by atoms with Crippen molar-refractivity contribution in [1.82, 2.24) is 0 Å². The second kappa shape index (κ2) is 10.1. The van der Waals surface area contributed by atoms with Crippen molar-refractivity contribution < 1.29 is 9.90 Å². The largest absolute Gasteiger partial charge is 0.478 e. The molecule has 8 rings (SSSR count). The molecule has 2 aliphatic rings. The lowest BCUT2D eigenvalue weighted by molar-refractivity contribution is 0.0697. The molecular weight excluding hydrogens is 562 g/mol. The maximum absolute atomic E-state index is 12.0. The van der Waals surface area contributed by atoms with Crippen LogP contribution in [-0.2, 0) is 10.8 Å². The topological polar surface area (TPSA) is 40.5 Å². The second-order valence-corrected chi connectivity index (χ2v) is 13.5. The lowest BCUT2D eigenvalue weighted by atomic mass is 9.82. The molecule has 0 saturated heterocycles. The average molecular weight is 598 g/mol. The van der Waals surface area contributed by atoms with E-state index in [0.29, 0.717) is 11.1 Å². The van der Waals surface area contributed by atoms with E-state index in [1.54, 1.807) is 12.1 Å². The number of rotatable bonds is 5. The first kappa shape index (κ1) is 28.1. The van der Waals surface area contributed by atoms with E-state index in [0.717, 1.165) is 22.6 Å². The number of hydrogen-bond donors (Lipinski definition) is 1. The number of hydrogen-bond acceptors (Lipinski definition) is 2. The summed E-state index contributed by atoms with van der Waals surface area (Å²) in [7, 11) is 0.